The van der Waals surface area contributed by atoms with Gasteiger partial charge in [0, 0.05) is 32.1 Å². The zero-order valence-electron chi connectivity index (χ0n) is 10.6. The summed E-state index contributed by atoms with van der Waals surface area (Å²) < 4.78 is 0. The Hall–Kier alpha value is -0.610. The first kappa shape index (κ1) is 13.5. The first-order valence-corrected chi connectivity index (χ1v) is 6.48. The molecule has 0 aromatic rings. The van der Waals surface area contributed by atoms with Crippen molar-refractivity contribution in [3.8, 4) is 0 Å². The van der Waals surface area contributed by atoms with Gasteiger partial charge in [-0.2, -0.15) is 0 Å². The molecule has 1 aliphatic carbocycles. The van der Waals surface area contributed by atoms with Crippen molar-refractivity contribution in [2.75, 3.05) is 32.7 Å². The number of hydrogen-bond donors (Lipinski definition) is 2. The second-order valence-corrected chi connectivity index (χ2v) is 4.36. The van der Waals surface area contributed by atoms with Gasteiger partial charge in [0.15, 0.2) is 0 Å². The van der Waals surface area contributed by atoms with E-state index in [-0.39, 0.29) is 5.91 Å². The Morgan fingerprint density at radius 3 is 2.50 bits per heavy atom. The standard InChI is InChI=1S/C12H25N3O/c1-3-15(4-2)10-9-14-12(16)7-8-13-11-5-6-11/h11,13H,3-10H2,1-2H3,(H,14,16). The maximum absolute atomic E-state index is 11.4. The summed E-state index contributed by atoms with van der Waals surface area (Å²) in [6, 6.07) is 0.698. The molecule has 0 aromatic heterocycles. The summed E-state index contributed by atoms with van der Waals surface area (Å²) in [5, 5.41) is 6.29. The summed E-state index contributed by atoms with van der Waals surface area (Å²) in [7, 11) is 0. The van der Waals surface area contributed by atoms with E-state index in [1.165, 1.54) is 12.8 Å². The topological polar surface area (TPSA) is 44.4 Å². The minimum atomic E-state index is 0.167. The number of carbonyl (C=O) groups is 1. The average molecular weight is 227 g/mol. The highest BCUT2D eigenvalue weighted by atomic mass is 16.1. The molecule has 1 aliphatic rings. The molecule has 1 fully saturated rings. The number of likely N-dealkylation sites (N-methyl/N-ethyl adjacent to an activating group) is 1. The van der Waals surface area contributed by atoms with Crippen molar-refractivity contribution in [2.45, 2.75) is 39.2 Å². The van der Waals surface area contributed by atoms with E-state index < -0.39 is 0 Å². The molecule has 0 aromatic carbocycles. The number of nitrogens with zero attached hydrogens (tertiary/aromatic N) is 1. The molecular formula is C12H25N3O. The Balaban J connectivity index is 1.92. The minimum Gasteiger partial charge on any atom is -0.355 e. The Morgan fingerprint density at radius 2 is 1.94 bits per heavy atom. The highest BCUT2D eigenvalue weighted by Gasteiger charge is 2.19. The van der Waals surface area contributed by atoms with Crippen LogP contribution >= 0.6 is 0 Å². The molecule has 16 heavy (non-hydrogen) atoms. The first-order valence-electron chi connectivity index (χ1n) is 6.48. The largest absolute Gasteiger partial charge is 0.355 e. The summed E-state index contributed by atoms with van der Waals surface area (Å²) in [6.07, 6.45) is 3.17. The van der Waals surface area contributed by atoms with E-state index in [2.05, 4.69) is 29.4 Å². The second-order valence-electron chi connectivity index (χ2n) is 4.36. The van der Waals surface area contributed by atoms with Gasteiger partial charge < -0.3 is 15.5 Å². The van der Waals surface area contributed by atoms with Gasteiger partial charge in [-0.05, 0) is 25.9 Å². The lowest BCUT2D eigenvalue weighted by atomic mass is 10.4. The van der Waals surface area contributed by atoms with Gasteiger partial charge in [-0.3, -0.25) is 4.79 Å². The fourth-order valence-electron chi connectivity index (χ4n) is 1.66. The van der Waals surface area contributed by atoms with Crippen molar-refractivity contribution < 1.29 is 4.79 Å². The third-order valence-electron chi connectivity index (χ3n) is 3.01. The molecule has 1 rings (SSSR count). The Labute approximate surface area is 98.8 Å². The van der Waals surface area contributed by atoms with Crippen molar-refractivity contribution in [3.63, 3.8) is 0 Å². The van der Waals surface area contributed by atoms with Crippen LogP contribution in [0.15, 0.2) is 0 Å². The van der Waals surface area contributed by atoms with Gasteiger partial charge >= 0.3 is 0 Å². The summed E-state index contributed by atoms with van der Waals surface area (Å²) >= 11 is 0. The zero-order chi connectivity index (χ0) is 11.8. The molecule has 0 saturated heterocycles. The fourth-order valence-corrected chi connectivity index (χ4v) is 1.66. The van der Waals surface area contributed by atoms with Crippen LogP contribution in [0.25, 0.3) is 0 Å². The number of carbonyl (C=O) groups excluding carboxylic acids is 1. The number of rotatable bonds is 9. The van der Waals surface area contributed by atoms with Crippen molar-refractivity contribution in [1.82, 2.24) is 15.5 Å². The molecule has 0 radical (unpaired) electrons. The average Bonchev–Trinajstić information content (AvgIpc) is 3.08. The van der Waals surface area contributed by atoms with Crippen LogP contribution in [0.1, 0.15) is 33.1 Å². The maximum Gasteiger partial charge on any atom is 0.221 e. The SMILES string of the molecule is CCN(CC)CCNC(=O)CCNC1CC1. The van der Waals surface area contributed by atoms with Gasteiger partial charge in [0.2, 0.25) is 5.91 Å². The molecule has 1 amide bonds. The molecule has 0 atom stereocenters. The lowest BCUT2D eigenvalue weighted by Crippen LogP contribution is -2.36. The summed E-state index contributed by atoms with van der Waals surface area (Å²) in [5.41, 5.74) is 0. The third-order valence-corrected chi connectivity index (χ3v) is 3.01. The summed E-state index contributed by atoms with van der Waals surface area (Å²) in [6.45, 7) is 8.93. The zero-order valence-corrected chi connectivity index (χ0v) is 10.6. The molecule has 0 spiro atoms. The molecule has 94 valence electrons. The predicted molar refractivity (Wildman–Crippen MR) is 66.4 cm³/mol. The lowest BCUT2D eigenvalue weighted by Gasteiger charge is -2.17. The number of hydrogen-bond acceptors (Lipinski definition) is 3. The van der Waals surface area contributed by atoms with Crippen molar-refractivity contribution in [2.24, 2.45) is 0 Å². The van der Waals surface area contributed by atoms with Gasteiger partial charge in [-0.15, -0.1) is 0 Å². The molecule has 1 saturated carbocycles. The van der Waals surface area contributed by atoms with E-state index in [0.29, 0.717) is 12.5 Å². The lowest BCUT2D eigenvalue weighted by molar-refractivity contribution is -0.121. The van der Waals surface area contributed by atoms with Crippen molar-refractivity contribution in [3.05, 3.63) is 0 Å². The van der Waals surface area contributed by atoms with E-state index in [9.17, 15) is 4.79 Å². The fraction of sp³-hybridized carbons (Fsp3) is 0.917. The van der Waals surface area contributed by atoms with Gasteiger partial charge in [-0.1, -0.05) is 13.8 Å². The molecule has 0 bridgehead atoms. The van der Waals surface area contributed by atoms with E-state index in [1.54, 1.807) is 0 Å². The van der Waals surface area contributed by atoms with Crippen LogP contribution in [0.4, 0.5) is 0 Å². The molecule has 2 N–H and O–H groups in total. The van der Waals surface area contributed by atoms with Crippen LogP contribution in [-0.4, -0.2) is 49.6 Å². The van der Waals surface area contributed by atoms with E-state index in [0.717, 1.165) is 32.7 Å². The highest BCUT2D eigenvalue weighted by molar-refractivity contribution is 5.76. The summed E-state index contributed by atoms with van der Waals surface area (Å²) in [5.74, 6) is 0.167. The van der Waals surface area contributed by atoms with Crippen LogP contribution in [0.5, 0.6) is 0 Å². The van der Waals surface area contributed by atoms with Crippen LogP contribution in [0.2, 0.25) is 0 Å². The predicted octanol–water partition coefficient (Wildman–Crippen LogP) is 0.587. The van der Waals surface area contributed by atoms with E-state index >= 15 is 0 Å². The van der Waals surface area contributed by atoms with Gasteiger partial charge in [0.1, 0.15) is 0 Å². The molecule has 4 nitrogen and oxygen atoms in total. The van der Waals surface area contributed by atoms with Crippen molar-refractivity contribution >= 4 is 5.91 Å². The van der Waals surface area contributed by atoms with E-state index in [1.807, 2.05) is 0 Å². The Bertz CT molecular complexity index is 200. The number of nitrogens with one attached hydrogen (secondary N) is 2. The summed E-state index contributed by atoms with van der Waals surface area (Å²) in [4.78, 5) is 13.7. The molecule has 0 aliphatic heterocycles. The van der Waals surface area contributed by atoms with Crippen LogP contribution in [0.3, 0.4) is 0 Å². The molecule has 0 unspecified atom stereocenters. The third kappa shape index (κ3) is 6.08. The van der Waals surface area contributed by atoms with E-state index in [4.69, 9.17) is 0 Å². The number of amides is 1. The normalized spacial score (nSPS) is 15.4. The van der Waals surface area contributed by atoms with Gasteiger partial charge in [0.05, 0.1) is 0 Å². The van der Waals surface area contributed by atoms with Crippen LogP contribution in [-0.2, 0) is 4.79 Å². The quantitative estimate of drug-likeness (QED) is 0.606. The Morgan fingerprint density at radius 1 is 1.25 bits per heavy atom. The van der Waals surface area contributed by atoms with Gasteiger partial charge in [-0.25, -0.2) is 0 Å². The first-order chi connectivity index (χ1) is 7.76. The monoisotopic (exact) mass is 227 g/mol. The molecule has 0 heterocycles. The van der Waals surface area contributed by atoms with Gasteiger partial charge in [0.25, 0.3) is 0 Å². The molecular weight excluding hydrogens is 202 g/mol. The van der Waals surface area contributed by atoms with Crippen molar-refractivity contribution in [1.29, 1.82) is 0 Å². The Kier molecular flexibility index (Phi) is 6.42. The minimum absolute atomic E-state index is 0.167. The second kappa shape index (κ2) is 7.63. The van der Waals surface area contributed by atoms with Crippen LogP contribution in [0, 0.1) is 0 Å². The smallest absolute Gasteiger partial charge is 0.221 e. The highest BCUT2D eigenvalue weighted by Crippen LogP contribution is 2.18. The maximum atomic E-state index is 11.4. The van der Waals surface area contributed by atoms with Crippen LogP contribution < -0.4 is 10.6 Å². The molecule has 4 heteroatoms.